The lowest BCUT2D eigenvalue weighted by molar-refractivity contribution is 0.102. The van der Waals surface area contributed by atoms with Crippen LogP contribution < -0.4 is 5.32 Å². The molecule has 0 radical (unpaired) electrons. The van der Waals surface area contributed by atoms with Crippen molar-refractivity contribution in [1.82, 2.24) is 5.16 Å². The number of carbonyl (C=O) groups excluding carboxylic acids is 1. The van der Waals surface area contributed by atoms with Crippen molar-refractivity contribution in [2.24, 2.45) is 0 Å². The van der Waals surface area contributed by atoms with Gasteiger partial charge in [-0.2, -0.15) is 0 Å². The molecule has 1 aromatic carbocycles. The van der Waals surface area contributed by atoms with E-state index in [0.717, 1.165) is 11.3 Å². The van der Waals surface area contributed by atoms with Crippen LogP contribution in [0.1, 0.15) is 27.2 Å². The smallest absolute Gasteiger partial charge is 0.258 e. The fraction of sp³-hybridized carbons (Fsp3) is 0.200. The third-order valence-electron chi connectivity index (χ3n) is 2.92. The van der Waals surface area contributed by atoms with E-state index in [1.165, 1.54) is 6.07 Å². The van der Waals surface area contributed by atoms with Crippen molar-refractivity contribution >= 4 is 23.4 Å². The Balaban J connectivity index is 2.20. The highest BCUT2D eigenvalue weighted by Crippen LogP contribution is 2.21. The zero-order valence-electron chi connectivity index (χ0n) is 11.5. The molecule has 21 heavy (non-hydrogen) atoms. The van der Waals surface area contributed by atoms with E-state index >= 15 is 0 Å². The van der Waals surface area contributed by atoms with Gasteiger partial charge in [0.15, 0.2) is 0 Å². The summed E-state index contributed by atoms with van der Waals surface area (Å²) in [5, 5.41) is 15.4. The zero-order chi connectivity index (χ0) is 15.4. The number of aliphatic hydroxyl groups excluding tert-OH is 1. The van der Waals surface area contributed by atoms with E-state index < -0.39 is 0 Å². The van der Waals surface area contributed by atoms with Gasteiger partial charge < -0.3 is 9.63 Å². The largest absolute Gasteiger partial charge is 0.384 e. The molecule has 0 bridgehead atoms. The molecule has 0 saturated carbocycles. The number of nitrogens with one attached hydrogen (secondary N) is 1. The number of amides is 1. The molecular weight excluding hydrogens is 292 g/mol. The minimum Gasteiger partial charge on any atom is -0.384 e. The lowest BCUT2D eigenvalue weighted by Gasteiger charge is -2.04. The van der Waals surface area contributed by atoms with E-state index in [4.69, 9.17) is 21.2 Å². The van der Waals surface area contributed by atoms with E-state index in [1.54, 1.807) is 19.1 Å². The molecule has 0 atom stereocenters. The van der Waals surface area contributed by atoms with Gasteiger partial charge in [0.25, 0.3) is 5.91 Å². The number of anilines is 1. The van der Waals surface area contributed by atoms with Gasteiger partial charge in [0.1, 0.15) is 6.61 Å². The second kappa shape index (κ2) is 6.44. The summed E-state index contributed by atoms with van der Waals surface area (Å²) in [5.41, 5.74) is 2.43. The number of rotatable bonds is 2. The lowest BCUT2D eigenvalue weighted by atomic mass is 10.1. The summed E-state index contributed by atoms with van der Waals surface area (Å²) in [6.45, 7) is 3.35. The number of halogens is 1. The fourth-order valence-corrected chi connectivity index (χ4v) is 1.83. The molecule has 1 amide bonds. The van der Waals surface area contributed by atoms with Crippen molar-refractivity contribution < 1.29 is 14.4 Å². The molecule has 1 heterocycles. The molecular formula is C15H13ClN2O3. The van der Waals surface area contributed by atoms with Crippen molar-refractivity contribution in [2.45, 2.75) is 13.8 Å². The number of nitrogens with zero attached hydrogens (tertiary/aromatic N) is 1. The summed E-state index contributed by atoms with van der Waals surface area (Å²) in [7, 11) is 0. The highest BCUT2D eigenvalue weighted by molar-refractivity contribution is 6.32. The number of hydrogen-bond donors (Lipinski definition) is 2. The van der Waals surface area contributed by atoms with Crippen molar-refractivity contribution in [2.75, 3.05) is 11.9 Å². The number of aromatic nitrogens is 1. The zero-order valence-corrected chi connectivity index (χ0v) is 12.3. The van der Waals surface area contributed by atoms with Crippen LogP contribution in [0, 0.1) is 25.7 Å². The van der Waals surface area contributed by atoms with Crippen LogP contribution >= 0.6 is 11.6 Å². The minimum atomic E-state index is -0.349. The minimum absolute atomic E-state index is 0.247. The number of carbonyl (C=O) groups is 1. The molecule has 0 aliphatic rings. The quantitative estimate of drug-likeness (QED) is 0.836. The van der Waals surface area contributed by atoms with Gasteiger partial charge in [0, 0.05) is 16.7 Å². The Morgan fingerprint density at radius 1 is 1.48 bits per heavy atom. The van der Waals surface area contributed by atoms with Gasteiger partial charge in [0.05, 0.1) is 10.7 Å². The van der Waals surface area contributed by atoms with Gasteiger partial charge in [-0.25, -0.2) is 0 Å². The maximum absolute atomic E-state index is 12.1. The first-order valence-corrected chi connectivity index (χ1v) is 6.54. The molecule has 0 aliphatic carbocycles. The first-order valence-electron chi connectivity index (χ1n) is 6.16. The van der Waals surface area contributed by atoms with Crippen LogP contribution in [0.15, 0.2) is 22.7 Å². The maximum Gasteiger partial charge on any atom is 0.258 e. The monoisotopic (exact) mass is 304 g/mol. The summed E-state index contributed by atoms with van der Waals surface area (Å²) in [4.78, 5) is 12.1. The summed E-state index contributed by atoms with van der Waals surface area (Å²) < 4.78 is 5.03. The number of aliphatic hydroxyl groups is 1. The molecule has 5 nitrogen and oxygen atoms in total. The summed E-state index contributed by atoms with van der Waals surface area (Å²) in [5.74, 6) is 5.17. The third-order valence-corrected chi connectivity index (χ3v) is 3.23. The topological polar surface area (TPSA) is 75.4 Å². The highest BCUT2D eigenvalue weighted by atomic mass is 35.5. The molecule has 0 unspecified atom stereocenters. The van der Waals surface area contributed by atoms with Crippen LogP contribution in [0.4, 0.5) is 5.88 Å². The second-order valence-corrected chi connectivity index (χ2v) is 4.74. The molecule has 1 aromatic heterocycles. The first-order chi connectivity index (χ1) is 10.0. The van der Waals surface area contributed by atoms with Crippen LogP contribution in [-0.4, -0.2) is 22.8 Å². The van der Waals surface area contributed by atoms with E-state index in [9.17, 15) is 4.79 Å². The van der Waals surface area contributed by atoms with Gasteiger partial charge in [-0.05, 0) is 32.0 Å². The van der Waals surface area contributed by atoms with E-state index in [-0.39, 0.29) is 12.5 Å². The van der Waals surface area contributed by atoms with Gasteiger partial charge in [0.2, 0.25) is 5.88 Å². The van der Waals surface area contributed by atoms with E-state index in [2.05, 4.69) is 22.3 Å². The van der Waals surface area contributed by atoms with Crippen LogP contribution in [-0.2, 0) is 0 Å². The van der Waals surface area contributed by atoms with Crippen LogP contribution in [0.25, 0.3) is 0 Å². The van der Waals surface area contributed by atoms with Crippen LogP contribution in [0.2, 0.25) is 5.02 Å². The van der Waals surface area contributed by atoms with Crippen LogP contribution in [0.5, 0.6) is 0 Å². The second-order valence-electron chi connectivity index (χ2n) is 4.33. The predicted octanol–water partition coefficient (Wildman–Crippen LogP) is 2.54. The van der Waals surface area contributed by atoms with Gasteiger partial charge in [-0.15, -0.1) is 0 Å². The van der Waals surface area contributed by atoms with Crippen molar-refractivity contribution in [1.29, 1.82) is 0 Å². The Bertz CT molecular complexity index is 741. The summed E-state index contributed by atoms with van der Waals surface area (Å²) in [6, 6.07) is 4.73. The van der Waals surface area contributed by atoms with E-state index in [1.807, 2.05) is 6.92 Å². The average Bonchev–Trinajstić information content (AvgIpc) is 2.78. The van der Waals surface area contributed by atoms with Crippen molar-refractivity contribution in [3.8, 4) is 11.8 Å². The number of aryl methyl sites for hydroxylation is 1. The Hall–Kier alpha value is -2.29. The molecule has 6 heteroatoms. The molecule has 0 aliphatic heterocycles. The third kappa shape index (κ3) is 3.43. The Morgan fingerprint density at radius 3 is 2.81 bits per heavy atom. The fourth-order valence-electron chi connectivity index (χ4n) is 1.60. The lowest BCUT2D eigenvalue weighted by Crippen LogP contribution is -2.12. The Morgan fingerprint density at radius 2 is 2.24 bits per heavy atom. The maximum atomic E-state index is 12.1. The molecule has 108 valence electrons. The average molecular weight is 305 g/mol. The molecule has 2 N–H and O–H groups in total. The van der Waals surface area contributed by atoms with Gasteiger partial charge >= 0.3 is 0 Å². The number of hydrogen-bond acceptors (Lipinski definition) is 4. The summed E-state index contributed by atoms with van der Waals surface area (Å²) in [6.07, 6.45) is 0. The number of benzene rings is 1. The van der Waals surface area contributed by atoms with Crippen LogP contribution in [0.3, 0.4) is 0 Å². The highest BCUT2D eigenvalue weighted by Gasteiger charge is 2.14. The normalized spacial score (nSPS) is 9.90. The molecule has 0 fully saturated rings. The Labute approximate surface area is 126 Å². The molecule has 2 rings (SSSR count). The van der Waals surface area contributed by atoms with Gasteiger partial charge in [-0.3, -0.25) is 10.1 Å². The predicted molar refractivity (Wildman–Crippen MR) is 79.3 cm³/mol. The first kappa shape index (κ1) is 15.1. The molecule has 0 saturated heterocycles. The summed E-state index contributed by atoms with van der Waals surface area (Å²) >= 11 is 6.05. The van der Waals surface area contributed by atoms with Crippen molar-refractivity contribution in [3.05, 3.63) is 45.6 Å². The Kier molecular flexibility index (Phi) is 4.63. The molecule has 0 spiro atoms. The molecule has 2 aromatic rings. The standard InChI is InChI=1S/C15H13ClN2O3/c1-9-10(2)18-21-15(9)17-14(20)12-6-5-11(4-3-7-19)13(16)8-12/h5-6,8,19H,7H2,1-2H3,(H,17,20). The van der Waals surface area contributed by atoms with E-state index in [0.29, 0.717) is 22.0 Å². The van der Waals surface area contributed by atoms with Gasteiger partial charge in [-0.1, -0.05) is 28.6 Å². The van der Waals surface area contributed by atoms with Crippen molar-refractivity contribution in [3.63, 3.8) is 0 Å². The SMILES string of the molecule is Cc1noc(NC(=O)c2ccc(C#CCO)c(Cl)c2)c1C.